The molecule has 0 aromatic heterocycles. The number of nitrogens with one attached hydrogen (secondary N) is 1. The molecule has 0 bridgehead atoms. The number of nitrogens with zero attached hydrogens (tertiary/aromatic N) is 1. The highest BCUT2D eigenvalue weighted by atomic mass is 16.5. The van der Waals surface area contributed by atoms with Gasteiger partial charge in [0.1, 0.15) is 0 Å². The molecule has 7 heteroatoms. The van der Waals surface area contributed by atoms with E-state index in [4.69, 9.17) is 14.9 Å². The van der Waals surface area contributed by atoms with Crippen molar-refractivity contribution in [3.63, 3.8) is 0 Å². The number of aliphatic hydroxyl groups excluding tert-OH is 1. The zero-order valence-corrected chi connectivity index (χ0v) is 9.05. The minimum Gasteiger partial charge on any atom is -0.479 e. The van der Waals surface area contributed by atoms with Gasteiger partial charge >= 0.3 is 12.0 Å². The van der Waals surface area contributed by atoms with Gasteiger partial charge in [-0.3, -0.25) is 0 Å². The highest BCUT2D eigenvalue weighted by Crippen LogP contribution is 2.11. The highest BCUT2D eigenvalue weighted by molar-refractivity contribution is 5.77. The van der Waals surface area contributed by atoms with E-state index in [-0.39, 0.29) is 18.7 Å². The first kappa shape index (κ1) is 12.7. The van der Waals surface area contributed by atoms with Crippen LogP contribution in [-0.4, -0.2) is 66.1 Å². The predicted molar refractivity (Wildman–Crippen MR) is 54.0 cm³/mol. The number of amides is 2. The summed E-state index contributed by atoms with van der Waals surface area (Å²) in [5.41, 5.74) is 0. The lowest BCUT2D eigenvalue weighted by molar-refractivity contribution is -0.146. The van der Waals surface area contributed by atoms with Gasteiger partial charge in [-0.25, -0.2) is 9.59 Å². The molecule has 7 nitrogen and oxygen atoms in total. The van der Waals surface area contributed by atoms with E-state index >= 15 is 0 Å². The van der Waals surface area contributed by atoms with E-state index < -0.39 is 12.1 Å². The van der Waals surface area contributed by atoms with Gasteiger partial charge in [0.25, 0.3) is 0 Å². The molecule has 2 amide bonds. The second kappa shape index (κ2) is 5.66. The number of urea groups is 1. The molecule has 1 fully saturated rings. The third-order valence-corrected chi connectivity index (χ3v) is 2.50. The molecule has 1 heterocycles. The largest absolute Gasteiger partial charge is 0.479 e. The minimum absolute atomic E-state index is 0.0372. The number of aliphatic carboxylic acids is 1. The summed E-state index contributed by atoms with van der Waals surface area (Å²) in [6.45, 7) is 0.779. The average molecular weight is 232 g/mol. The van der Waals surface area contributed by atoms with Crippen molar-refractivity contribution in [1.82, 2.24) is 10.2 Å². The number of hydrogen-bond acceptors (Lipinski definition) is 4. The van der Waals surface area contributed by atoms with Crippen LogP contribution in [0.25, 0.3) is 0 Å². The van der Waals surface area contributed by atoms with Gasteiger partial charge in [0.2, 0.25) is 0 Å². The summed E-state index contributed by atoms with van der Waals surface area (Å²) in [5.74, 6) is -1.35. The first-order chi connectivity index (χ1) is 7.54. The number of carboxylic acid groups (broad SMARTS) is 1. The Labute approximate surface area is 93.0 Å². The third kappa shape index (κ3) is 3.35. The third-order valence-electron chi connectivity index (χ3n) is 2.50. The molecule has 1 saturated heterocycles. The molecule has 0 aliphatic carbocycles. The molecule has 2 atom stereocenters. The Morgan fingerprint density at radius 3 is 2.81 bits per heavy atom. The van der Waals surface area contributed by atoms with E-state index in [2.05, 4.69) is 5.32 Å². The smallest absolute Gasteiger partial charge is 0.334 e. The summed E-state index contributed by atoms with van der Waals surface area (Å²) >= 11 is 0. The van der Waals surface area contributed by atoms with Gasteiger partial charge in [0, 0.05) is 20.2 Å². The topological polar surface area (TPSA) is 99.1 Å². The lowest BCUT2D eigenvalue weighted by Crippen LogP contribution is -2.43. The molecule has 0 aromatic carbocycles. The van der Waals surface area contributed by atoms with Gasteiger partial charge in [-0.2, -0.15) is 0 Å². The Morgan fingerprint density at radius 1 is 1.62 bits per heavy atom. The summed E-state index contributed by atoms with van der Waals surface area (Å²) in [5, 5.41) is 19.7. The number of aliphatic hydroxyl groups is 1. The minimum atomic E-state index is -1.57. The Hall–Kier alpha value is -1.34. The number of carbonyl (C=O) groups excluding carboxylic acids is 1. The molecule has 1 aliphatic rings. The molecule has 0 saturated carbocycles. The average Bonchev–Trinajstić information content (AvgIpc) is 2.73. The first-order valence-electron chi connectivity index (χ1n) is 5.01. The van der Waals surface area contributed by atoms with Crippen LogP contribution in [-0.2, 0) is 9.53 Å². The van der Waals surface area contributed by atoms with E-state index in [1.54, 1.807) is 7.11 Å². The van der Waals surface area contributed by atoms with Crippen LogP contribution >= 0.6 is 0 Å². The second-order valence-corrected chi connectivity index (χ2v) is 3.63. The normalized spacial score (nSPS) is 21.9. The van der Waals surface area contributed by atoms with Gasteiger partial charge < -0.3 is 25.2 Å². The van der Waals surface area contributed by atoms with Crippen LogP contribution in [0.15, 0.2) is 0 Å². The highest BCUT2D eigenvalue weighted by Gasteiger charge is 2.26. The Kier molecular flexibility index (Phi) is 4.51. The lowest BCUT2D eigenvalue weighted by atomic mass is 10.3. The summed E-state index contributed by atoms with van der Waals surface area (Å²) in [6, 6.07) is -0.375. The molecule has 0 aromatic rings. The van der Waals surface area contributed by atoms with Crippen molar-refractivity contribution in [3.05, 3.63) is 0 Å². The van der Waals surface area contributed by atoms with Gasteiger partial charge in [0.05, 0.1) is 12.6 Å². The van der Waals surface area contributed by atoms with Crippen molar-refractivity contribution in [1.29, 1.82) is 0 Å². The first-order valence-corrected chi connectivity index (χ1v) is 5.01. The monoisotopic (exact) mass is 232 g/mol. The SMILES string of the molecule is COC1CCN(C(=O)NC[C@H](O)C(=O)O)C1. The summed E-state index contributed by atoms with van der Waals surface area (Å²) in [7, 11) is 1.58. The van der Waals surface area contributed by atoms with Crippen LogP contribution in [0, 0.1) is 0 Å². The van der Waals surface area contributed by atoms with Crippen LogP contribution in [0.2, 0.25) is 0 Å². The molecule has 1 unspecified atom stereocenters. The summed E-state index contributed by atoms with van der Waals surface area (Å²) < 4.78 is 5.09. The lowest BCUT2D eigenvalue weighted by Gasteiger charge is -2.17. The number of carboxylic acids is 1. The fourth-order valence-corrected chi connectivity index (χ4v) is 1.49. The second-order valence-electron chi connectivity index (χ2n) is 3.63. The Balaban J connectivity index is 2.28. The van der Waals surface area contributed by atoms with Gasteiger partial charge in [0.15, 0.2) is 6.10 Å². The van der Waals surface area contributed by atoms with Gasteiger partial charge in [-0.15, -0.1) is 0 Å². The zero-order valence-electron chi connectivity index (χ0n) is 9.05. The van der Waals surface area contributed by atoms with Crippen LogP contribution in [0.5, 0.6) is 0 Å². The van der Waals surface area contributed by atoms with Crippen molar-refractivity contribution < 1.29 is 24.5 Å². The van der Waals surface area contributed by atoms with Crippen molar-refractivity contribution in [2.75, 3.05) is 26.7 Å². The van der Waals surface area contributed by atoms with E-state index in [0.717, 1.165) is 6.42 Å². The standard InChI is InChI=1S/C9H16N2O5/c1-16-6-2-3-11(5-6)9(15)10-4-7(12)8(13)14/h6-7,12H,2-5H2,1H3,(H,10,15)(H,13,14)/t6?,7-/m0/s1. The van der Waals surface area contributed by atoms with Crippen LogP contribution in [0.3, 0.4) is 0 Å². The molecule has 3 N–H and O–H groups in total. The van der Waals surface area contributed by atoms with Crippen molar-refractivity contribution in [2.24, 2.45) is 0 Å². The molecular formula is C9H16N2O5. The van der Waals surface area contributed by atoms with Crippen LogP contribution in [0.1, 0.15) is 6.42 Å². The number of rotatable bonds is 4. The fraction of sp³-hybridized carbons (Fsp3) is 0.778. The molecule has 1 aliphatic heterocycles. The zero-order chi connectivity index (χ0) is 12.1. The Morgan fingerprint density at radius 2 is 2.31 bits per heavy atom. The van der Waals surface area contributed by atoms with E-state index in [9.17, 15) is 9.59 Å². The number of ether oxygens (including phenoxy) is 1. The molecule has 0 radical (unpaired) electrons. The number of hydrogen-bond donors (Lipinski definition) is 3. The maximum Gasteiger partial charge on any atom is 0.334 e. The molecular weight excluding hydrogens is 216 g/mol. The van der Waals surface area contributed by atoms with Crippen LogP contribution in [0.4, 0.5) is 4.79 Å². The number of methoxy groups -OCH3 is 1. The predicted octanol–water partition coefficient (Wildman–Crippen LogP) is -1.14. The van der Waals surface area contributed by atoms with Crippen molar-refractivity contribution >= 4 is 12.0 Å². The van der Waals surface area contributed by atoms with Crippen molar-refractivity contribution in [3.8, 4) is 0 Å². The maximum atomic E-state index is 11.5. The summed E-state index contributed by atoms with van der Waals surface area (Å²) in [6.07, 6.45) is -0.759. The van der Waals surface area contributed by atoms with Gasteiger partial charge in [-0.05, 0) is 6.42 Å². The quantitative estimate of drug-likeness (QED) is 0.569. The molecule has 92 valence electrons. The van der Waals surface area contributed by atoms with E-state index in [1.165, 1.54) is 4.90 Å². The summed E-state index contributed by atoms with van der Waals surface area (Å²) in [4.78, 5) is 23.3. The van der Waals surface area contributed by atoms with E-state index in [0.29, 0.717) is 13.1 Å². The van der Waals surface area contributed by atoms with Crippen molar-refractivity contribution in [2.45, 2.75) is 18.6 Å². The maximum absolute atomic E-state index is 11.5. The van der Waals surface area contributed by atoms with Gasteiger partial charge in [-0.1, -0.05) is 0 Å². The number of carbonyl (C=O) groups is 2. The molecule has 16 heavy (non-hydrogen) atoms. The molecule has 1 rings (SSSR count). The van der Waals surface area contributed by atoms with E-state index in [1.807, 2.05) is 0 Å². The number of likely N-dealkylation sites (tertiary alicyclic amines) is 1. The van der Waals surface area contributed by atoms with Crippen LogP contribution < -0.4 is 5.32 Å². The fourth-order valence-electron chi connectivity index (χ4n) is 1.49. The Bertz CT molecular complexity index is 271. The molecule has 0 spiro atoms.